The third-order valence-corrected chi connectivity index (χ3v) is 8.26. The van der Waals surface area contributed by atoms with Crippen molar-refractivity contribution in [1.29, 1.82) is 0 Å². The molecule has 3 nitrogen and oxygen atoms in total. The van der Waals surface area contributed by atoms with Gasteiger partial charge < -0.3 is 0 Å². The van der Waals surface area contributed by atoms with E-state index in [1.807, 2.05) is 0 Å². The van der Waals surface area contributed by atoms with Gasteiger partial charge in [-0.3, -0.25) is 0 Å². The Hall–Kier alpha value is -4.11. The highest BCUT2D eigenvalue weighted by molar-refractivity contribution is 5.84. The van der Waals surface area contributed by atoms with E-state index in [0.29, 0.717) is 11.6 Å². The molecule has 0 spiro atoms. The molecule has 0 radical (unpaired) electrons. The van der Waals surface area contributed by atoms with Crippen molar-refractivity contribution in [3.05, 3.63) is 114 Å². The number of rotatable bonds is 2. The highest BCUT2D eigenvalue weighted by atomic mass is 15.0. The first-order valence-electron chi connectivity index (χ1n) is 12.5. The van der Waals surface area contributed by atoms with Crippen LogP contribution in [-0.4, -0.2) is 15.0 Å². The van der Waals surface area contributed by atoms with Crippen LogP contribution in [0.5, 0.6) is 0 Å². The van der Waals surface area contributed by atoms with Gasteiger partial charge in [-0.25, -0.2) is 15.0 Å². The van der Waals surface area contributed by atoms with Crippen LogP contribution in [0.2, 0.25) is 0 Å². The van der Waals surface area contributed by atoms with Gasteiger partial charge in [0, 0.05) is 22.0 Å². The molecule has 5 aromatic rings. The van der Waals surface area contributed by atoms with Crippen LogP contribution in [0.4, 0.5) is 0 Å². The van der Waals surface area contributed by atoms with Crippen LogP contribution < -0.4 is 0 Å². The Bertz CT molecular complexity index is 1570. The summed E-state index contributed by atoms with van der Waals surface area (Å²) in [6.45, 7) is 9.18. The SMILES string of the molecule is CC1(C)c2ccccc2-c2ccc(-c3ncnc(-c4ccc5c(c4)C(C)(C)c4ccccc4-5)n3)cc21. The second-order valence-corrected chi connectivity index (χ2v) is 11.0. The topological polar surface area (TPSA) is 38.7 Å². The van der Waals surface area contributed by atoms with Crippen LogP contribution in [0.25, 0.3) is 45.0 Å². The van der Waals surface area contributed by atoms with E-state index in [4.69, 9.17) is 4.98 Å². The Morgan fingerprint density at radius 3 is 1.36 bits per heavy atom. The van der Waals surface area contributed by atoms with Crippen molar-refractivity contribution in [3.8, 4) is 45.0 Å². The maximum atomic E-state index is 4.94. The first-order chi connectivity index (χ1) is 17.4. The fourth-order valence-electron chi connectivity index (χ4n) is 6.26. The third kappa shape index (κ3) is 2.83. The van der Waals surface area contributed by atoms with E-state index in [-0.39, 0.29) is 10.8 Å². The molecule has 0 unspecified atom stereocenters. The summed E-state index contributed by atoms with van der Waals surface area (Å²) < 4.78 is 0. The van der Waals surface area contributed by atoms with Gasteiger partial charge in [-0.1, -0.05) is 100 Å². The monoisotopic (exact) mass is 465 g/mol. The quantitative estimate of drug-likeness (QED) is 0.267. The number of benzene rings is 4. The smallest absolute Gasteiger partial charge is 0.163 e. The number of nitrogens with zero attached hydrogens (tertiary/aromatic N) is 3. The zero-order valence-electron chi connectivity index (χ0n) is 21.0. The molecular formula is C33H27N3. The highest BCUT2D eigenvalue weighted by Gasteiger charge is 2.36. The van der Waals surface area contributed by atoms with E-state index in [0.717, 1.165) is 11.1 Å². The molecular weight excluding hydrogens is 438 g/mol. The molecule has 0 atom stereocenters. The Kier molecular flexibility index (Phi) is 4.24. The minimum atomic E-state index is -0.0572. The molecule has 0 saturated heterocycles. The molecule has 0 bridgehead atoms. The van der Waals surface area contributed by atoms with Gasteiger partial charge in [0.25, 0.3) is 0 Å². The van der Waals surface area contributed by atoms with E-state index >= 15 is 0 Å². The standard InChI is InChI=1S/C33H27N3/c1-32(2)26-11-7-5-9-22(26)24-15-13-20(17-28(24)32)30-34-19-35-31(36-30)21-14-16-25-23-10-6-8-12-27(23)33(3,4)29(25)18-21/h5-19H,1-4H3. The van der Waals surface area contributed by atoms with Crippen molar-refractivity contribution in [3.63, 3.8) is 0 Å². The highest BCUT2D eigenvalue weighted by Crippen LogP contribution is 2.50. The fourth-order valence-corrected chi connectivity index (χ4v) is 6.26. The Balaban J connectivity index is 1.30. The van der Waals surface area contributed by atoms with Gasteiger partial charge in [-0.2, -0.15) is 0 Å². The van der Waals surface area contributed by atoms with Gasteiger partial charge in [-0.15, -0.1) is 0 Å². The van der Waals surface area contributed by atoms with Gasteiger partial charge in [0.2, 0.25) is 0 Å². The van der Waals surface area contributed by atoms with E-state index < -0.39 is 0 Å². The van der Waals surface area contributed by atoms with Gasteiger partial charge in [0.05, 0.1) is 0 Å². The molecule has 4 aromatic carbocycles. The summed E-state index contributed by atoms with van der Waals surface area (Å²) in [5, 5.41) is 0. The van der Waals surface area contributed by atoms with E-state index in [2.05, 4.69) is 123 Å². The van der Waals surface area contributed by atoms with Crippen LogP contribution in [0.3, 0.4) is 0 Å². The maximum Gasteiger partial charge on any atom is 0.163 e. The van der Waals surface area contributed by atoms with Crippen molar-refractivity contribution < 1.29 is 0 Å². The minimum Gasteiger partial charge on any atom is -0.217 e. The summed E-state index contributed by atoms with van der Waals surface area (Å²) >= 11 is 0. The van der Waals surface area contributed by atoms with Crippen molar-refractivity contribution in [2.24, 2.45) is 0 Å². The first-order valence-corrected chi connectivity index (χ1v) is 12.5. The lowest BCUT2D eigenvalue weighted by molar-refractivity contribution is 0.660. The predicted octanol–water partition coefficient (Wildman–Crippen LogP) is 7.82. The van der Waals surface area contributed by atoms with Crippen LogP contribution in [0.1, 0.15) is 49.9 Å². The molecule has 0 fully saturated rings. The summed E-state index contributed by atoms with van der Waals surface area (Å²) in [5.41, 5.74) is 12.6. The summed E-state index contributed by atoms with van der Waals surface area (Å²) in [4.78, 5) is 14.1. The van der Waals surface area contributed by atoms with Crippen LogP contribution in [0, 0.1) is 0 Å². The zero-order chi connectivity index (χ0) is 24.7. The normalized spacial score (nSPS) is 15.7. The molecule has 0 aliphatic heterocycles. The summed E-state index contributed by atoms with van der Waals surface area (Å²) in [7, 11) is 0. The molecule has 174 valence electrons. The second-order valence-electron chi connectivity index (χ2n) is 11.0. The zero-order valence-corrected chi connectivity index (χ0v) is 21.0. The average molecular weight is 466 g/mol. The summed E-state index contributed by atoms with van der Waals surface area (Å²) in [5.74, 6) is 1.41. The number of hydrogen-bond donors (Lipinski definition) is 0. The Morgan fingerprint density at radius 2 is 0.889 bits per heavy atom. The predicted molar refractivity (Wildman–Crippen MR) is 146 cm³/mol. The number of fused-ring (bicyclic) bond motifs is 6. The molecule has 0 N–H and O–H groups in total. The Labute approximate surface area is 211 Å². The third-order valence-electron chi connectivity index (χ3n) is 8.26. The van der Waals surface area contributed by atoms with Gasteiger partial charge in [0.15, 0.2) is 11.6 Å². The Morgan fingerprint density at radius 1 is 0.472 bits per heavy atom. The largest absolute Gasteiger partial charge is 0.217 e. The molecule has 3 heteroatoms. The lowest BCUT2D eigenvalue weighted by Crippen LogP contribution is -2.15. The van der Waals surface area contributed by atoms with Crippen LogP contribution in [0.15, 0.2) is 91.3 Å². The minimum absolute atomic E-state index is 0.0572. The van der Waals surface area contributed by atoms with E-state index in [1.54, 1.807) is 6.33 Å². The summed E-state index contributed by atoms with van der Waals surface area (Å²) in [6, 6.07) is 30.6. The van der Waals surface area contributed by atoms with Crippen molar-refractivity contribution in [2.45, 2.75) is 38.5 Å². The fraction of sp³-hybridized carbons (Fsp3) is 0.182. The molecule has 0 amide bonds. The first kappa shape index (κ1) is 21.2. The number of aromatic nitrogens is 3. The molecule has 2 aliphatic carbocycles. The van der Waals surface area contributed by atoms with Gasteiger partial charge in [-0.05, 0) is 56.6 Å². The molecule has 1 aromatic heterocycles. The van der Waals surface area contributed by atoms with Crippen LogP contribution >= 0.6 is 0 Å². The van der Waals surface area contributed by atoms with Crippen molar-refractivity contribution in [1.82, 2.24) is 15.0 Å². The van der Waals surface area contributed by atoms with Crippen molar-refractivity contribution in [2.75, 3.05) is 0 Å². The lowest BCUT2D eigenvalue weighted by atomic mass is 9.82. The maximum absolute atomic E-state index is 4.94. The van der Waals surface area contributed by atoms with E-state index in [1.165, 1.54) is 44.5 Å². The molecule has 7 rings (SSSR count). The second kappa shape index (κ2) is 7.20. The van der Waals surface area contributed by atoms with Crippen LogP contribution in [-0.2, 0) is 10.8 Å². The molecule has 36 heavy (non-hydrogen) atoms. The molecule has 2 aliphatic rings. The van der Waals surface area contributed by atoms with Gasteiger partial charge >= 0.3 is 0 Å². The molecule has 1 heterocycles. The van der Waals surface area contributed by atoms with Crippen molar-refractivity contribution >= 4 is 0 Å². The van der Waals surface area contributed by atoms with E-state index in [9.17, 15) is 0 Å². The molecule has 0 saturated carbocycles. The number of hydrogen-bond acceptors (Lipinski definition) is 3. The average Bonchev–Trinajstić information content (AvgIpc) is 3.28. The lowest BCUT2D eigenvalue weighted by Gasteiger charge is -2.22. The van der Waals surface area contributed by atoms with Gasteiger partial charge in [0.1, 0.15) is 6.33 Å². The summed E-state index contributed by atoms with van der Waals surface area (Å²) in [6.07, 6.45) is 1.64.